The lowest BCUT2D eigenvalue weighted by atomic mass is 10.6. The molecule has 0 saturated carbocycles. The summed E-state index contributed by atoms with van der Waals surface area (Å²) < 4.78 is 0. The minimum absolute atomic E-state index is 0.684. The topological polar surface area (TPSA) is 3.24 Å². The monoisotopic (exact) mass is 171 g/mol. The SMILES string of the molecule is CN(C)C.ClCCCCl. The number of rotatable bonds is 2. The molecule has 0 amide bonds. The van der Waals surface area contributed by atoms with E-state index in [1.807, 2.05) is 26.0 Å². The van der Waals surface area contributed by atoms with Crippen molar-refractivity contribution in [3.05, 3.63) is 0 Å². The van der Waals surface area contributed by atoms with Gasteiger partial charge in [-0.1, -0.05) is 0 Å². The van der Waals surface area contributed by atoms with Gasteiger partial charge in [0.2, 0.25) is 0 Å². The van der Waals surface area contributed by atoms with Gasteiger partial charge in [-0.15, -0.1) is 23.2 Å². The second-order valence-corrected chi connectivity index (χ2v) is 2.83. The van der Waals surface area contributed by atoms with Crippen LogP contribution in [-0.4, -0.2) is 37.8 Å². The summed E-state index contributed by atoms with van der Waals surface area (Å²) >= 11 is 10.4. The maximum atomic E-state index is 5.22. The average Bonchev–Trinajstić information content (AvgIpc) is 1.66. The van der Waals surface area contributed by atoms with E-state index in [9.17, 15) is 0 Å². The van der Waals surface area contributed by atoms with Gasteiger partial charge in [0.05, 0.1) is 0 Å². The normalized spacial score (nSPS) is 8.67. The number of alkyl halides is 2. The molecule has 0 aliphatic heterocycles. The Hall–Kier alpha value is 0.540. The highest BCUT2D eigenvalue weighted by molar-refractivity contribution is 6.20. The van der Waals surface area contributed by atoms with Gasteiger partial charge in [0.1, 0.15) is 0 Å². The van der Waals surface area contributed by atoms with Crippen LogP contribution in [0.25, 0.3) is 0 Å². The summed E-state index contributed by atoms with van der Waals surface area (Å²) in [5, 5.41) is 0. The van der Waals surface area contributed by atoms with Gasteiger partial charge in [-0.2, -0.15) is 0 Å². The highest BCUT2D eigenvalue weighted by Crippen LogP contribution is 1.84. The van der Waals surface area contributed by atoms with E-state index in [1.165, 1.54) is 0 Å². The molecule has 0 aromatic carbocycles. The largest absolute Gasteiger partial charge is 0.312 e. The van der Waals surface area contributed by atoms with Crippen molar-refractivity contribution in [3.8, 4) is 0 Å². The zero-order chi connectivity index (χ0) is 7.70. The summed E-state index contributed by atoms with van der Waals surface area (Å²) in [5.74, 6) is 1.37. The predicted molar refractivity (Wildman–Crippen MR) is 45.7 cm³/mol. The van der Waals surface area contributed by atoms with Crippen molar-refractivity contribution in [2.75, 3.05) is 32.9 Å². The van der Waals surface area contributed by atoms with Crippen LogP contribution in [0.15, 0.2) is 0 Å². The summed E-state index contributed by atoms with van der Waals surface area (Å²) in [6.45, 7) is 0. The average molecular weight is 172 g/mol. The van der Waals surface area contributed by atoms with E-state index in [0.717, 1.165) is 6.42 Å². The van der Waals surface area contributed by atoms with Gasteiger partial charge in [-0.05, 0) is 27.6 Å². The molecule has 0 aromatic heterocycles. The highest BCUT2D eigenvalue weighted by Gasteiger charge is 1.72. The molecule has 0 N–H and O–H groups in total. The van der Waals surface area contributed by atoms with Crippen LogP contribution in [0.4, 0.5) is 0 Å². The van der Waals surface area contributed by atoms with Crippen LogP contribution in [0.1, 0.15) is 6.42 Å². The van der Waals surface area contributed by atoms with Crippen LogP contribution in [-0.2, 0) is 0 Å². The third-order valence-corrected chi connectivity index (χ3v) is 0.802. The Morgan fingerprint density at radius 2 is 1.22 bits per heavy atom. The molecule has 0 aromatic rings. The predicted octanol–water partition coefficient (Wildman–Crippen LogP) is 2.03. The van der Waals surface area contributed by atoms with Gasteiger partial charge in [-0.3, -0.25) is 0 Å². The number of halogens is 2. The Kier molecular flexibility index (Phi) is 15.4. The van der Waals surface area contributed by atoms with Crippen LogP contribution in [0.2, 0.25) is 0 Å². The molecule has 0 atom stereocenters. The lowest BCUT2D eigenvalue weighted by molar-refractivity contribution is 0.505. The molecule has 9 heavy (non-hydrogen) atoms. The third kappa shape index (κ3) is 56.6. The highest BCUT2D eigenvalue weighted by atomic mass is 35.5. The van der Waals surface area contributed by atoms with Crippen molar-refractivity contribution in [2.45, 2.75) is 6.42 Å². The van der Waals surface area contributed by atoms with E-state index in [1.54, 1.807) is 0 Å². The molecule has 58 valence electrons. The van der Waals surface area contributed by atoms with E-state index >= 15 is 0 Å². The zero-order valence-electron chi connectivity index (χ0n) is 6.32. The van der Waals surface area contributed by atoms with Gasteiger partial charge < -0.3 is 4.90 Å². The van der Waals surface area contributed by atoms with Crippen molar-refractivity contribution in [3.63, 3.8) is 0 Å². The lowest BCUT2D eigenvalue weighted by Crippen LogP contribution is -1.99. The Balaban J connectivity index is 0. The lowest BCUT2D eigenvalue weighted by Gasteiger charge is -1.90. The molecule has 0 spiro atoms. The molecule has 1 nitrogen and oxygen atoms in total. The second kappa shape index (κ2) is 11.4. The minimum Gasteiger partial charge on any atom is -0.312 e. The standard InChI is InChI=1S/C3H6Cl2.C3H9N/c4-2-1-3-5;1-4(2)3/h1-3H2;1-3H3. The fraction of sp³-hybridized carbons (Fsp3) is 1.00. The molecule has 0 saturated heterocycles. The van der Waals surface area contributed by atoms with E-state index in [-0.39, 0.29) is 0 Å². The molecule has 3 heteroatoms. The van der Waals surface area contributed by atoms with Crippen molar-refractivity contribution in [1.29, 1.82) is 0 Å². The summed E-state index contributed by atoms with van der Waals surface area (Å²) in [5.41, 5.74) is 0. The first-order valence-electron chi connectivity index (χ1n) is 2.88. The van der Waals surface area contributed by atoms with Crippen molar-refractivity contribution >= 4 is 23.2 Å². The van der Waals surface area contributed by atoms with Crippen LogP contribution in [0.5, 0.6) is 0 Å². The molecule has 0 unspecified atom stereocenters. The summed E-state index contributed by atoms with van der Waals surface area (Å²) in [6, 6.07) is 0. The third-order valence-electron chi connectivity index (χ3n) is 0.267. The molecule has 0 rings (SSSR count). The zero-order valence-corrected chi connectivity index (χ0v) is 7.84. The van der Waals surface area contributed by atoms with E-state index in [4.69, 9.17) is 23.2 Å². The first-order chi connectivity index (χ1) is 4.15. The fourth-order valence-electron chi connectivity index (χ4n) is 0.0505. The van der Waals surface area contributed by atoms with Gasteiger partial charge in [0, 0.05) is 11.8 Å². The van der Waals surface area contributed by atoms with Crippen LogP contribution in [0, 0.1) is 0 Å². The molecule has 0 aliphatic carbocycles. The van der Waals surface area contributed by atoms with Gasteiger partial charge in [-0.25, -0.2) is 0 Å². The van der Waals surface area contributed by atoms with Crippen molar-refractivity contribution in [1.82, 2.24) is 4.90 Å². The molecule has 0 fully saturated rings. The Bertz CT molecular complexity index is 35.3. The summed E-state index contributed by atoms with van der Waals surface area (Å²) in [4.78, 5) is 2.00. The van der Waals surface area contributed by atoms with Gasteiger partial charge in [0.15, 0.2) is 0 Å². The Morgan fingerprint density at radius 1 is 1.00 bits per heavy atom. The molecule has 0 aliphatic rings. The number of hydrogen-bond acceptors (Lipinski definition) is 1. The number of nitrogens with zero attached hydrogens (tertiary/aromatic N) is 1. The maximum Gasteiger partial charge on any atom is 0.0234 e. The molecule has 0 radical (unpaired) electrons. The van der Waals surface area contributed by atoms with Crippen molar-refractivity contribution < 1.29 is 0 Å². The smallest absolute Gasteiger partial charge is 0.0234 e. The van der Waals surface area contributed by atoms with Crippen molar-refractivity contribution in [2.24, 2.45) is 0 Å². The van der Waals surface area contributed by atoms with E-state index < -0.39 is 0 Å². The summed E-state index contributed by atoms with van der Waals surface area (Å²) in [7, 11) is 6.00. The number of hydrogen-bond donors (Lipinski definition) is 0. The maximum absolute atomic E-state index is 5.22. The molecular formula is C6H15Cl2N. The quantitative estimate of drug-likeness (QED) is 0.576. The first-order valence-corrected chi connectivity index (χ1v) is 3.95. The van der Waals surface area contributed by atoms with E-state index in [2.05, 4.69) is 0 Å². The van der Waals surface area contributed by atoms with Crippen LogP contribution < -0.4 is 0 Å². The van der Waals surface area contributed by atoms with Crippen LogP contribution in [0.3, 0.4) is 0 Å². The van der Waals surface area contributed by atoms with Crippen LogP contribution >= 0.6 is 23.2 Å². The first kappa shape index (κ1) is 12.2. The molecule has 0 bridgehead atoms. The second-order valence-electron chi connectivity index (χ2n) is 2.07. The fourth-order valence-corrected chi connectivity index (χ4v) is 0.455. The molecule has 0 heterocycles. The van der Waals surface area contributed by atoms with E-state index in [0.29, 0.717) is 11.8 Å². The van der Waals surface area contributed by atoms with Gasteiger partial charge >= 0.3 is 0 Å². The van der Waals surface area contributed by atoms with Gasteiger partial charge in [0.25, 0.3) is 0 Å². The Labute approximate surface area is 67.9 Å². The molecular weight excluding hydrogens is 157 g/mol. The summed E-state index contributed by atoms with van der Waals surface area (Å²) in [6.07, 6.45) is 0.920. The Morgan fingerprint density at radius 3 is 1.22 bits per heavy atom. The minimum atomic E-state index is 0.684.